The number of carbonyl (C=O) groups is 1. The number of nitrogens with zero attached hydrogens (tertiary/aromatic N) is 2. The van der Waals surface area contributed by atoms with Gasteiger partial charge in [0.1, 0.15) is 11.5 Å². The van der Waals surface area contributed by atoms with Crippen molar-refractivity contribution in [2.45, 2.75) is 6.54 Å². The lowest BCUT2D eigenvalue weighted by atomic mass is 10.1. The van der Waals surface area contributed by atoms with Gasteiger partial charge in [0, 0.05) is 30.1 Å². The van der Waals surface area contributed by atoms with Crippen LogP contribution in [0.4, 0.5) is 0 Å². The van der Waals surface area contributed by atoms with Crippen LogP contribution in [0, 0.1) is 0 Å². The fourth-order valence-corrected chi connectivity index (χ4v) is 2.95. The van der Waals surface area contributed by atoms with Crippen molar-refractivity contribution >= 4 is 5.91 Å². The Bertz CT molecular complexity index is 1130. The van der Waals surface area contributed by atoms with E-state index in [1.54, 1.807) is 31.6 Å². The molecule has 1 aromatic heterocycles. The summed E-state index contributed by atoms with van der Waals surface area (Å²) < 4.78 is 10.8. The SMILES string of the molecule is COc1ccc(CNC(=O)c2ccc(-c3cnc(Oc4ccccc4)nc3)cc2)cc1. The molecule has 154 valence electrons. The molecule has 3 aromatic carbocycles. The van der Waals surface area contributed by atoms with Crippen LogP contribution in [-0.4, -0.2) is 23.0 Å². The maximum Gasteiger partial charge on any atom is 0.321 e. The maximum atomic E-state index is 12.4. The Morgan fingerprint density at radius 2 is 1.48 bits per heavy atom. The Kier molecular flexibility index (Phi) is 6.18. The van der Waals surface area contributed by atoms with Gasteiger partial charge in [-0.25, -0.2) is 9.97 Å². The average molecular weight is 411 g/mol. The molecule has 6 nitrogen and oxygen atoms in total. The molecular weight excluding hydrogens is 390 g/mol. The van der Waals surface area contributed by atoms with Crippen molar-refractivity contribution in [3.63, 3.8) is 0 Å². The zero-order valence-corrected chi connectivity index (χ0v) is 17.0. The lowest BCUT2D eigenvalue weighted by Gasteiger charge is -2.08. The minimum Gasteiger partial charge on any atom is -0.497 e. The van der Waals surface area contributed by atoms with Crippen molar-refractivity contribution in [3.05, 3.63) is 102 Å². The second kappa shape index (κ2) is 9.54. The molecule has 1 amide bonds. The van der Waals surface area contributed by atoms with Crippen LogP contribution in [0.5, 0.6) is 17.5 Å². The van der Waals surface area contributed by atoms with Crippen molar-refractivity contribution in [2.24, 2.45) is 0 Å². The number of methoxy groups -OCH3 is 1. The first-order valence-corrected chi connectivity index (χ1v) is 9.78. The van der Waals surface area contributed by atoms with E-state index in [-0.39, 0.29) is 11.9 Å². The van der Waals surface area contributed by atoms with Crippen LogP contribution in [0.15, 0.2) is 91.3 Å². The third-order valence-electron chi connectivity index (χ3n) is 4.67. The van der Waals surface area contributed by atoms with Crippen LogP contribution in [0.2, 0.25) is 0 Å². The largest absolute Gasteiger partial charge is 0.497 e. The number of hydrogen-bond donors (Lipinski definition) is 1. The summed E-state index contributed by atoms with van der Waals surface area (Å²) in [5.41, 5.74) is 3.34. The van der Waals surface area contributed by atoms with Gasteiger partial charge in [0.05, 0.1) is 7.11 Å². The molecule has 31 heavy (non-hydrogen) atoms. The molecular formula is C25H21N3O3. The highest BCUT2D eigenvalue weighted by Gasteiger charge is 2.07. The van der Waals surface area contributed by atoms with Crippen molar-refractivity contribution < 1.29 is 14.3 Å². The molecule has 1 heterocycles. The molecule has 1 N–H and O–H groups in total. The van der Waals surface area contributed by atoms with Gasteiger partial charge in [0.2, 0.25) is 0 Å². The summed E-state index contributed by atoms with van der Waals surface area (Å²) in [7, 11) is 1.62. The van der Waals surface area contributed by atoms with E-state index in [0.29, 0.717) is 17.9 Å². The highest BCUT2D eigenvalue weighted by atomic mass is 16.5. The van der Waals surface area contributed by atoms with Crippen molar-refractivity contribution in [1.29, 1.82) is 0 Å². The fraction of sp³-hybridized carbons (Fsp3) is 0.0800. The Hall–Kier alpha value is -4.19. The normalized spacial score (nSPS) is 10.4. The quantitative estimate of drug-likeness (QED) is 0.469. The molecule has 0 fully saturated rings. The number of amides is 1. The van der Waals surface area contributed by atoms with Gasteiger partial charge in [-0.15, -0.1) is 0 Å². The van der Waals surface area contributed by atoms with E-state index in [9.17, 15) is 4.79 Å². The van der Waals surface area contributed by atoms with Crippen molar-refractivity contribution in [2.75, 3.05) is 7.11 Å². The van der Waals surface area contributed by atoms with Gasteiger partial charge in [-0.1, -0.05) is 42.5 Å². The number of nitrogens with one attached hydrogen (secondary N) is 1. The zero-order valence-electron chi connectivity index (χ0n) is 17.0. The monoisotopic (exact) mass is 411 g/mol. The molecule has 0 spiro atoms. The lowest BCUT2D eigenvalue weighted by molar-refractivity contribution is 0.0951. The van der Waals surface area contributed by atoms with Gasteiger partial charge in [-0.2, -0.15) is 0 Å². The maximum absolute atomic E-state index is 12.4. The highest BCUT2D eigenvalue weighted by Crippen LogP contribution is 2.21. The summed E-state index contributed by atoms with van der Waals surface area (Å²) in [6, 6.07) is 24.6. The first-order chi connectivity index (χ1) is 15.2. The van der Waals surface area contributed by atoms with Crippen molar-refractivity contribution in [3.8, 4) is 28.6 Å². The summed E-state index contributed by atoms with van der Waals surface area (Å²) in [5.74, 6) is 1.33. The molecule has 0 saturated carbocycles. The summed E-state index contributed by atoms with van der Waals surface area (Å²) >= 11 is 0. The molecule has 0 aliphatic heterocycles. The number of rotatable bonds is 7. The van der Waals surface area contributed by atoms with Gasteiger partial charge in [0.15, 0.2) is 0 Å². The van der Waals surface area contributed by atoms with Crippen LogP contribution >= 0.6 is 0 Å². The van der Waals surface area contributed by atoms with Crippen LogP contribution in [0.3, 0.4) is 0 Å². The minimum absolute atomic E-state index is 0.134. The molecule has 6 heteroatoms. The Morgan fingerprint density at radius 3 is 2.13 bits per heavy atom. The molecule has 0 unspecified atom stereocenters. The molecule has 4 aromatic rings. The van der Waals surface area contributed by atoms with Gasteiger partial charge < -0.3 is 14.8 Å². The molecule has 0 atom stereocenters. The van der Waals surface area contributed by atoms with Gasteiger partial charge in [0.25, 0.3) is 5.91 Å². The number of para-hydroxylation sites is 1. The summed E-state index contributed by atoms with van der Waals surface area (Å²) in [6.07, 6.45) is 3.40. The topological polar surface area (TPSA) is 73.3 Å². The van der Waals surface area contributed by atoms with E-state index < -0.39 is 0 Å². The average Bonchev–Trinajstić information content (AvgIpc) is 2.84. The van der Waals surface area contributed by atoms with E-state index in [4.69, 9.17) is 9.47 Å². The number of ether oxygens (including phenoxy) is 2. The third-order valence-corrected chi connectivity index (χ3v) is 4.67. The first kappa shape index (κ1) is 20.1. The molecule has 0 aliphatic carbocycles. The fourth-order valence-electron chi connectivity index (χ4n) is 2.95. The molecule has 0 bridgehead atoms. The van der Waals surface area contributed by atoms with Crippen LogP contribution < -0.4 is 14.8 Å². The van der Waals surface area contributed by atoms with Gasteiger partial charge >= 0.3 is 6.01 Å². The highest BCUT2D eigenvalue weighted by molar-refractivity contribution is 5.94. The van der Waals surface area contributed by atoms with E-state index in [0.717, 1.165) is 22.4 Å². The van der Waals surface area contributed by atoms with Crippen LogP contribution in [0.25, 0.3) is 11.1 Å². The van der Waals surface area contributed by atoms with Gasteiger partial charge in [-0.05, 0) is 47.5 Å². The third kappa shape index (κ3) is 5.25. The minimum atomic E-state index is -0.134. The Morgan fingerprint density at radius 1 is 0.806 bits per heavy atom. The first-order valence-electron chi connectivity index (χ1n) is 9.78. The number of aromatic nitrogens is 2. The number of benzene rings is 3. The predicted octanol–water partition coefficient (Wildman–Crippen LogP) is 4.87. The second-order valence-electron chi connectivity index (χ2n) is 6.78. The van der Waals surface area contributed by atoms with Gasteiger partial charge in [-0.3, -0.25) is 4.79 Å². The number of carbonyl (C=O) groups excluding carboxylic acids is 1. The summed E-state index contributed by atoms with van der Waals surface area (Å²) in [5, 5.41) is 2.92. The van der Waals surface area contributed by atoms with Crippen LogP contribution in [-0.2, 0) is 6.54 Å². The summed E-state index contributed by atoms with van der Waals surface area (Å²) in [6.45, 7) is 0.446. The molecule has 0 saturated heterocycles. The van der Waals surface area contributed by atoms with E-state index in [1.165, 1.54) is 0 Å². The Labute approximate surface area is 180 Å². The Balaban J connectivity index is 1.36. The second-order valence-corrected chi connectivity index (χ2v) is 6.78. The van der Waals surface area contributed by atoms with Crippen LogP contribution in [0.1, 0.15) is 15.9 Å². The van der Waals surface area contributed by atoms with E-state index in [2.05, 4.69) is 15.3 Å². The zero-order chi connectivity index (χ0) is 21.5. The predicted molar refractivity (Wildman–Crippen MR) is 118 cm³/mol. The standard InChI is InChI=1S/C25H21N3O3/c1-30-22-13-7-18(8-14-22)15-26-24(29)20-11-9-19(10-12-20)21-16-27-25(28-17-21)31-23-5-3-2-4-6-23/h2-14,16-17H,15H2,1H3,(H,26,29). The lowest BCUT2D eigenvalue weighted by Crippen LogP contribution is -2.22. The van der Waals surface area contributed by atoms with Crippen molar-refractivity contribution in [1.82, 2.24) is 15.3 Å². The smallest absolute Gasteiger partial charge is 0.321 e. The van der Waals surface area contributed by atoms with E-state index in [1.807, 2.05) is 66.7 Å². The summed E-state index contributed by atoms with van der Waals surface area (Å²) in [4.78, 5) is 21.0. The molecule has 0 radical (unpaired) electrons. The molecule has 0 aliphatic rings. The molecule has 4 rings (SSSR count). The van der Waals surface area contributed by atoms with E-state index >= 15 is 0 Å². The number of hydrogen-bond acceptors (Lipinski definition) is 5.